The Morgan fingerprint density at radius 1 is 1.07 bits per heavy atom. The van der Waals surface area contributed by atoms with Crippen LogP contribution in [0.4, 0.5) is 18.9 Å². The second-order valence-corrected chi connectivity index (χ2v) is 6.22. The maximum atomic E-state index is 13.1. The van der Waals surface area contributed by atoms with Crippen molar-refractivity contribution in [3.63, 3.8) is 0 Å². The first-order valence-corrected chi connectivity index (χ1v) is 9.00. The Morgan fingerprint density at radius 3 is 2.32 bits per heavy atom. The molecule has 0 bridgehead atoms. The average Bonchev–Trinajstić information content (AvgIpc) is 2.67. The van der Waals surface area contributed by atoms with E-state index in [0.29, 0.717) is 13.1 Å². The van der Waals surface area contributed by atoms with E-state index >= 15 is 0 Å². The second-order valence-electron chi connectivity index (χ2n) is 6.22. The lowest BCUT2D eigenvalue weighted by atomic mass is 10.1. The first-order chi connectivity index (χ1) is 13.3. The maximum absolute atomic E-state index is 13.1. The van der Waals surface area contributed by atoms with Crippen LogP contribution in [0.15, 0.2) is 42.6 Å². The zero-order valence-electron chi connectivity index (χ0n) is 15.7. The van der Waals surface area contributed by atoms with E-state index in [1.165, 1.54) is 36.5 Å². The number of alkyl halides is 3. The average molecular weight is 393 g/mol. The summed E-state index contributed by atoms with van der Waals surface area (Å²) in [7, 11) is 0. The minimum atomic E-state index is -4.60. The van der Waals surface area contributed by atoms with Crippen LogP contribution in [0.3, 0.4) is 0 Å². The van der Waals surface area contributed by atoms with Crippen molar-refractivity contribution < 1.29 is 22.8 Å². The molecule has 1 aromatic carbocycles. The van der Waals surface area contributed by atoms with Gasteiger partial charge in [-0.15, -0.1) is 0 Å². The Balaban J connectivity index is 2.25. The van der Waals surface area contributed by atoms with Crippen molar-refractivity contribution in [2.24, 2.45) is 0 Å². The van der Waals surface area contributed by atoms with Crippen molar-refractivity contribution in [2.45, 2.75) is 32.9 Å². The Labute approximate surface area is 161 Å². The molecule has 0 saturated carbocycles. The predicted octanol–water partition coefficient (Wildman–Crippen LogP) is 4.61. The number of rotatable bonds is 7. The second kappa shape index (κ2) is 9.34. The van der Waals surface area contributed by atoms with E-state index in [0.717, 1.165) is 18.9 Å². The molecule has 1 heterocycles. The lowest BCUT2D eigenvalue weighted by molar-refractivity contribution is -0.136. The van der Waals surface area contributed by atoms with Gasteiger partial charge in [-0.25, -0.2) is 0 Å². The van der Waals surface area contributed by atoms with E-state index in [1.54, 1.807) is 4.90 Å². The van der Waals surface area contributed by atoms with E-state index in [2.05, 4.69) is 10.3 Å². The number of amides is 2. The summed E-state index contributed by atoms with van der Waals surface area (Å²) in [6.07, 6.45) is -1.72. The molecule has 0 aliphatic carbocycles. The van der Waals surface area contributed by atoms with Crippen LogP contribution < -0.4 is 5.32 Å². The Morgan fingerprint density at radius 2 is 1.71 bits per heavy atom. The van der Waals surface area contributed by atoms with Crippen molar-refractivity contribution in [2.75, 3.05) is 18.4 Å². The lowest BCUT2D eigenvalue weighted by Crippen LogP contribution is -2.32. The number of nitrogens with zero attached hydrogens (tertiary/aromatic N) is 2. The third kappa shape index (κ3) is 5.31. The van der Waals surface area contributed by atoms with Crippen molar-refractivity contribution >= 4 is 17.5 Å². The number of halogens is 3. The molecule has 0 aliphatic rings. The summed E-state index contributed by atoms with van der Waals surface area (Å²) in [4.78, 5) is 30.7. The molecule has 28 heavy (non-hydrogen) atoms. The zero-order chi connectivity index (χ0) is 20.7. The molecule has 8 heteroatoms. The van der Waals surface area contributed by atoms with Gasteiger partial charge in [0.2, 0.25) is 0 Å². The molecule has 0 spiro atoms. The first kappa shape index (κ1) is 21.4. The van der Waals surface area contributed by atoms with Gasteiger partial charge in [0.1, 0.15) is 5.69 Å². The summed E-state index contributed by atoms with van der Waals surface area (Å²) in [6, 6.07) is 7.47. The number of nitrogens with one attached hydrogen (secondary N) is 1. The summed E-state index contributed by atoms with van der Waals surface area (Å²) in [5.74, 6) is -1.06. The number of aromatic nitrogens is 1. The molecule has 1 aromatic heterocycles. The topological polar surface area (TPSA) is 62.3 Å². The van der Waals surface area contributed by atoms with Gasteiger partial charge in [0.15, 0.2) is 0 Å². The molecule has 150 valence electrons. The molecule has 2 amide bonds. The predicted molar refractivity (Wildman–Crippen MR) is 100 cm³/mol. The molecule has 1 N–H and O–H groups in total. The number of carbonyl (C=O) groups excluding carboxylic acids is 2. The van der Waals surface area contributed by atoms with Gasteiger partial charge in [0.25, 0.3) is 11.8 Å². The van der Waals surface area contributed by atoms with Crippen LogP contribution >= 0.6 is 0 Å². The van der Waals surface area contributed by atoms with Crippen LogP contribution in [-0.4, -0.2) is 34.8 Å². The number of pyridine rings is 1. The van der Waals surface area contributed by atoms with Gasteiger partial charge in [-0.1, -0.05) is 26.0 Å². The van der Waals surface area contributed by atoms with Gasteiger partial charge in [0.05, 0.1) is 11.3 Å². The van der Waals surface area contributed by atoms with Gasteiger partial charge in [0, 0.05) is 24.8 Å². The van der Waals surface area contributed by atoms with Crippen LogP contribution in [-0.2, 0) is 6.18 Å². The highest BCUT2D eigenvalue weighted by atomic mass is 19.4. The standard InChI is InChI=1S/C20H22F3N3O2/c1-3-11-26(12-4-2)19(28)14-9-10-24-17(13-14)18(27)25-16-8-6-5-7-15(16)20(21,22)23/h5-10,13H,3-4,11-12H2,1-2H3,(H,25,27). The molecular weight excluding hydrogens is 371 g/mol. The SMILES string of the molecule is CCCN(CCC)C(=O)c1ccnc(C(=O)Nc2ccccc2C(F)(F)F)c1. The minimum absolute atomic E-state index is 0.129. The summed E-state index contributed by atoms with van der Waals surface area (Å²) in [6.45, 7) is 5.07. The fraction of sp³-hybridized carbons (Fsp3) is 0.350. The summed E-state index contributed by atoms with van der Waals surface area (Å²) < 4.78 is 39.3. The summed E-state index contributed by atoms with van der Waals surface area (Å²) in [5.41, 5.74) is -1.17. The van der Waals surface area contributed by atoms with Crippen molar-refractivity contribution in [1.82, 2.24) is 9.88 Å². The van der Waals surface area contributed by atoms with Crippen LogP contribution in [0.2, 0.25) is 0 Å². The quantitative estimate of drug-likeness (QED) is 0.747. The number of benzene rings is 1. The molecule has 2 aromatic rings. The van der Waals surface area contributed by atoms with E-state index < -0.39 is 17.6 Å². The smallest absolute Gasteiger partial charge is 0.339 e. The largest absolute Gasteiger partial charge is 0.418 e. The first-order valence-electron chi connectivity index (χ1n) is 9.00. The normalized spacial score (nSPS) is 11.2. The fourth-order valence-corrected chi connectivity index (χ4v) is 2.75. The minimum Gasteiger partial charge on any atom is -0.339 e. The molecule has 0 saturated heterocycles. The van der Waals surface area contributed by atoms with E-state index in [4.69, 9.17) is 0 Å². The number of hydrogen-bond donors (Lipinski definition) is 1. The Kier molecular flexibility index (Phi) is 7.14. The monoisotopic (exact) mass is 393 g/mol. The van der Waals surface area contributed by atoms with E-state index in [-0.39, 0.29) is 22.9 Å². The van der Waals surface area contributed by atoms with Gasteiger partial charge in [-0.2, -0.15) is 13.2 Å². The van der Waals surface area contributed by atoms with Crippen LogP contribution in [0.25, 0.3) is 0 Å². The summed E-state index contributed by atoms with van der Waals surface area (Å²) >= 11 is 0. The van der Waals surface area contributed by atoms with Crippen molar-refractivity contribution in [3.8, 4) is 0 Å². The van der Waals surface area contributed by atoms with Gasteiger partial charge in [-0.05, 0) is 37.1 Å². The third-order valence-corrected chi connectivity index (χ3v) is 3.99. The van der Waals surface area contributed by atoms with E-state index in [1.807, 2.05) is 13.8 Å². The number of hydrogen-bond acceptors (Lipinski definition) is 3. The van der Waals surface area contributed by atoms with Crippen molar-refractivity contribution in [3.05, 3.63) is 59.4 Å². The van der Waals surface area contributed by atoms with Gasteiger partial charge < -0.3 is 10.2 Å². The molecule has 0 unspecified atom stereocenters. The molecule has 5 nitrogen and oxygen atoms in total. The molecule has 0 radical (unpaired) electrons. The lowest BCUT2D eigenvalue weighted by Gasteiger charge is -2.21. The van der Waals surface area contributed by atoms with E-state index in [9.17, 15) is 22.8 Å². The Bertz CT molecular complexity index is 831. The molecule has 2 rings (SSSR count). The summed E-state index contributed by atoms with van der Waals surface area (Å²) in [5, 5.41) is 2.23. The molecular formula is C20H22F3N3O2. The number of anilines is 1. The molecule has 0 aliphatic heterocycles. The fourth-order valence-electron chi connectivity index (χ4n) is 2.75. The van der Waals surface area contributed by atoms with Crippen LogP contribution in [0, 0.1) is 0 Å². The Hall–Kier alpha value is -2.90. The van der Waals surface area contributed by atoms with Gasteiger partial charge in [-0.3, -0.25) is 14.6 Å². The van der Waals surface area contributed by atoms with Crippen LogP contribution in [0.5, 0.6) is 0 Å². The van der Waals surface area contributed by atoms with Crippen LogP contribution in [0.1, 0.15) is 53.1 Å². The molecule has 0 atom stereocenters. The number of para-hydroxylation sites is 1. The third-order valence-electron chi connectivity index (χ3n) is 3.99. The van der Waals surface area contributed by atoms with Crippen molar-refractivity contribution in [1.29, 1.82) is 0 Å². The van der Waals surface area contributed by atoms with Gasteiger partial charge >= 0.3 is 6.18 Å². The number of carbonyl (C=O) groups is 2. The zero-order valence-corrected chi connectivity index (χ0v) is 15.7. The maximum Gasteiger partial charge on any atom is 0.418 e. The highest BCUT2D eigenvalue weighted by Crippen LogP contribution is 2.34. The highest BCUT2D eigenvalue weighted by Gasteiger charge is 2.33. The molecule has 0 fully saturated rings. The highest BCUT2D eigenvalue weighted by molar-refractivity contribution is 6.05.